The Hall–Kier alpha value is -3.19. The molecule has 0 radical (unpaired) electrons. The second kappa shape index (κ2) is 8.74. The van der Waals surface area contributed by atoms with Crippen LogP contribution >= 0.6 is 15.9 Å². The van der Waals surface area contributed by atoms with Crippen LogP contribution in [-0.2, 0) is 6.54 Å². The summed E-state index contributed by atoms with van der Waals surface area (Å²) >= 11 is 3.39. The first-order valence-electron chi connectivity index (χ1n) is 10.7. The monoisotopic (exact) mass is 489 g/mol. The van der Waals surface area contributed by atoms with Gasteiger partial charge in [-0.25, -0.2) is 14.6 Å². The highest BCUT2D eigenvalue weighted by Gasteiger charge is 2.29. The molecule has 7 heteroatoms. The molecule has 5 rings (SSSR count). The van der Waals surface area contributed by atoms with Crippen LogP contribution in [-0.4, -0.2) is 33.8 Å². The lowest BCUT2D eigenvalue weighted by Gasteiger charge is -2.17. The first kappa shape index (κ1) is 20.7. The number of halogens is 1. The van der Waals surface area contributed by atoms with Crippen LogP contribution in [0.5, 0.6) is 11.6 Å². The van der Waals surface area contributed by atoms with Crippen molar-refractivity contribution >= 4 is 21.6 Å². The summed E-state index contributed by atoms with van der Waals surface area (Å²) in [4.78, 5) is 11.3. The quantitative estimate of drug-likeness (QED) is 0.324. The third-order valence-corrected chi connectivity index (χ3v) is 5.93. The van der Waals surface area contributed by atoms with Crippen molar-refractivity contribution in [1.82, 2.24) is 19.7 Å². The molecule has 2 aromatic carbocycles. The molecule has 0 aliphatic heterocycles. The summed E-state index contributed by atoms with van der Waals surface area (Å²) in [7, 11) is 4.13. The molecule has 0 bridgehead atoms. The minimum absolute atomic E-state index is 0.491. The highest BCUT2D eigenvalue weighted by molar-refractivity contribution is 9.10. The Morgan fingerprint density at radius 1 is 1.03 bits per heavy atom. The maximum Gasteiger partial charge on any atom is 0.219 e. The maximum absolute atomic E-state index is 5.87. The molecule has 1 saturated carbocycles. The van der Waals surface area contributed by atoms with Crippen LogP contribution < -0.4 is 9.64 Å². The molecule has 0 saturated heterocycles. The van der Waals surface area contributed by atoms with Gasteiger partial charge in [-0.05, 0) is 70.7 Å². The molecule has 32 heavy (non-hydrogen) atoms. The van der Waals surface area contributed by atoms with Crippen LogP contribution in [0.3, 0.4) is 0 Å². The number of hydrogen-bond acceptors (Lipinski definition) is 5. The summed E-state index contributed by atoms with van der Waals surface area (Å²) in [6, 6.07) is 20.1. The van der Waals surface area contributed by atoms with Crippen molar-refractivity contribution in [1.29, 1.82) is 0 Å². The molecule has 0 N–H and O–H groups in total. The normalized spacial score (nSPS) is 13.2. The van der Waals surface area contributed by atoms with Gasteiger partial charge in [-0.1, -0.05) is 18.2 Å². The Labute approximate surface area is 196 Å². The first-order chi connectivity index (χ1) is 15.6. The zero-order valence-electron chi connectivity index (χ0n) is 18.1. The smallest absolute Gasteiger partial charge is 0.219 e. The first-order valence-corrected chi connectivity index (χ1v) is 11.5. The molecule has 2 aromatic heterocycles. The Morgan fingerprint density at radius 2 is 1.81 bits per heavy atom. The topological polar surface area (TPSA) is 56.1 Å². The predicted octanol–water partition coefficient (Wildman–Crippen LogP) is 5.89. The van der Waals surface area contributed by atoms with E-state index >= 15 is 0 Å². The van der Waals surface area contributed by atoms with Crippen molar-refractivity contribution in [2.24, 2.45) is 0 Å². The van der Waals surface area contributed by atoms with Gasteiger partial charge in [-0.2, -0.15) is 5.10 Å². The Kier molecular flexibility index (Phi) is 5.66. The van der Waals surface area contributed by atoms with Crippen LogP contribution in [0.2, 0.25) is 0 Å². The second-order valence-electron chi connectivity index (χ2n) is 8.19. The number of aromatic nitrogens is 4. The fraction of sp³-hybridized carbons (Fsp3) is 0.240. The number of ether oxygens (including phenoxy) is 1. The molecule has 162 valence electrons. The number of para-hydroxylation sites is 1. The molecule has 6 nitrogen and oxygen atoms in total. The number of nitrogens with zero attached hydrogens (tertiary/aromatic N) is 5. The van der Waals surface area contributed by atoms with E-state index in [0.29, 0.717) is 18.3 Å². The average Bonchev–Trinajstić information content (AvgIpc) is 3.57. The van der Waals surface area contributed by atoms with E-state index in [1.807, 2.05) is 41.1 Å². The standard InChI is InChI=1S/C25H24BrN5O/c1-30(2)22-6-4-3-5-19(22)16-31-25(28-24(29-31)17-7-8-17)18-9-12-21(13-10-18)32-23-14-11-20(26)15-27-23/h3-6,9-15,17H,7-8,16H2,1-2H3. The van der Waals surface area contributed by atoms with Gasteiger partial charge in [0, 0.05) is 48.0 Å². The highest BCUT2D eigenvalue weighted by atomic mass is 79.9. The van der Waals surface area contributed by atoms with Crippen molar-refractivity contribution in [2.75, 3.05) is 19.0 Å². The summed E-state index contributed by atoms with van der Waals surface area (Å²) in [6.45, 7) is 0.671. The molecule has 0 atom stereocenters. The van der Waals surface area contributed by atoms with Crippen molar-refractivity contribution in [3.63, 3.8) is 0 Å². The van der Waals surface area contributed by atoms with E-state index in [0.717, 1.165) is 27.4 Å². The summed E-state index contributed by atoms with van der Waals surface area (Å²) in [5, 5.41) is 4.88. The predicted molar refractivity (Wildman–Crippen MR) is 129 cm³/mol. The fourth-order valence-corrected chi connectivity index (χ4v) is 3.89. The van der Waals surface area contributed by atoms with Crippen molar-refractivity contribution < 1.29 is 4.74 Å². The molecule has 1 fully saturated rings. The van der Waals surface area contributed by atoms with E-state index in [-0.39, 0.29) is 0 Å². The van der Waals surface area contributed by atoms with Gasteiger partial charge < -0.3 is 9.64 Å². The molecular formula is C25H24BrN5O. The van der Waals surface area contributed by atoms with E-state index in [4.69, 9.17) is 14.8 Å². The summed E-state index contributed by atoms with van der Waals surface area (Å²) in [5.41, 5.74) is 3.42. The molecule has 0 spiro atoms. The summed E-state index contributed by atoms with van der Waals surface area (Å²) < 4.78 is 8.81. The van der Waals surface area contributed by atoms with Gasteiger partial charge >= 0.3 is 0 Å². The van der Waals surface area contributed by atoms with Gasteiger partial charge in [0.2, 0.25) is 5.88 Å². The van der Waals surface area contributed by atoms with E-state index in [9.17, 15) is 0 Å². The summed E-state index contributed by atoms with van der Waals surface area (Å²) in [6.07, 6.45) is 4.06. The van der Waals surface area contributed by atoms with Crippen LogP contribution in [0.25, 0.3) is 11.4 Å². The lowest BCUT2D eigenvalue weighted by Crippen LogP contribution is -2.13. The minimum Gasteiger partial charge on any atom is -0.439 e. The molecule has 1 aliphatic rings. The van der Waals surface area contributed by atoms with Crippen molar-refractivity contribution in [2.45, 2.75) is 25.3 Å². The van der Waals surface area contributed by atoms with Crippen molar-refractivity contribution in [3.05, 3.63) is 82.7 Å². The Balaban J connectivity index is 1.43. The van der Waals surface area contributed by atoms with Gasteiger partial charge in [0.1, 0.15) is 5.75 Å². The number of pyridine rings is 1. The lowest BCUT2D eigenvalue weighted by molar-refractivity contribution is 0.463. The van der Waals surface area contributed by atoms with E-state index in [1.165, 1.54) is 24.1 Å². The van der Waals surface area contributed by atoms with E-state index < -0.39 is 0 Å². The van der Waals surface area contributed by atoms with Gasteiger partial charge in [0.05, 0.1) is 6.54 Å². The molecule has 0 unspecified atom stereocenters. The van der Waals surface area contributed by atoms with Gasteiger partial charge in [0.25, 0.3) is 0 Å². The average molecular weight is 490 g/mol. The van der Waals surface area contributed by atoms with Crippen LogP contribution in [0.1, 0.15) is 30.1 Å². The number of benzene rings is 2. The molecule has 1 aliphatic carbocycles. The summed E-state index contributed by atoms with van der Waals surface area (Å²) in [5.74, 6) is 3.61. The number of rotatable bonds is 7. The SMILES string of the molecule is CN(C)c1ccccc1Cn1nc(C2CC2)nc1-c1ccc(Oc2ccc(Br)cn2)cc1. The number of anilines is 1. The Bertz CT molecular complexity index is 1210. The van der Waals surface area contributed by atoms with Crippen molar-refractivity contribution in [3.8, 4) is 23.0 Å². The van der Waals surface area contributed by atoms with Gasteiger partial charge in [0.15, 0.2) is 11.6 Å². The van der Waals surface area contributed by atoms with Crippen LogP contribution in [0.15, 0.2) is 71.3 Å². The maximum atomic E-state index is 5.87. The number of hydrogen-bond donors (Lipinski definition) is 0. The lowest BCUT2D eigenvalue weighted by atomic mass is 10.1. The molecule has 4 aromatic rings. The van der Waals surface area contributed by atoms with E-state index in [1.54, 1.807) is 6.20 Å². The van der Waals surface area contributed by atoms with Gasteiger partial charge in [-0.15, -0.1) is 0 Å². The molecule has 2 heterocycles. The van der Waals surface area contributed by atoms with Gasteiger partial charge in [-0.3, -0.25) is 0 Å². The molecule has 0 amide bonds. The zero-order valence-corrected chi connectivity index (χ0v) is 19.7. The van der Waals surface area contributed by atoms with Crippen LogP contribution in [0.4, 0.5) is 5.69 Å². The Morgan fingerprint density at radius 3 is 2.50 bits per heavy atom. The fourth-order valence-electron chi connectivity index (χ4n) is 3.66. The highest BCUT2D eigenvalue weighted by Crippen LogP contribution is 2.39. The second-order valence-corrected chi connectivity index (χ2v) is 9.11. The molecular weight excluding hydrogens is 466 g/mol. The van der Waals surface area contributed by atoms with Crippen LogP contribution in [0, 0.1) is 0 Å². The minimum atomic E-state index is 0.491. The van der Waals surface area contributed by atoms with E-state index in [2.05, 4.69) is 64.2 Å². The third-order valence-electron chi connectivity index (χ3n) is 5.46. The third kappa shape index (κ3) is 4.53. The zero-order chi connectivity index (χ0) is 22.1. The largest absolute Gasteiger partial charge is 0.439 e.